The first-order valence-corrected chi connectivity index (χ1v) is 4.34. The maximum Gasteiger partial charge on any atom is 0.384 e. The largest absolute Gasteiger partial charge is 0.456 e. The topological polar surface area (TPSA) is 26.3 Å². The Morgan fingerprint density at radius 3 is 2.58 bits per heavy atom. The van der Waals surface area contributed by atoms with E-state index in [0.29, 0.717) is 6.61 Å². The molecule has 0 amide bonds. The van der Waals surface area contributed by atoms with E-state index in [1.165, 1.54) is 0 Å². The molecule has 1 atom stereocenters. The molecule has 3 heteroatoms. The summed E-state index contributed by atoms with van der Waals surface area (Å²) < 4.78 is 4.60. The third-order valence-corrected chi connectivity index (χ3v) is 1.79. The van der Waals surface area contributed by atoms with Crippen molar-refractivity contribution in [2.24, 2.45) is 5.92 Å². The molecule has 2 nitrogen and oxygen atoms in total. The van der Waals surface area contributed by atoms with Crippen LogP contribution in [0.25, 0.3) is 0 Å². The SMILES string of the molecule is CCOC(=O)C#C[C@@H](Cl)C(C)C. The molecule has 0 unspecified atom stereocenters. The van der Waals surface area contributed by atoms with Crippen LogP contribution >= 0.6 is 11.6 Å². The predicted molar refractivity (Wildman–Crippen MR) is 48.9 cm³/mol. The normalized spacial score (nSPS) is 11.8. The van der Waals surface area contributed by atoms with Gasteiger partial charge < -0.3 is 4.74 Å². The van der Waals surface area contributed by atoms with Crippen LogP contribution in [0.3, 0.4) is 0 Å². The van der Waals surface area contributed by atoms with Crippen LogP contribution in [-0.2, 0) is 9.53 Å². The van der Waals surface area contributed by atoms with Gasteiger partial charge in [-0.05, 0) is 12.8 Å². The highest BCUT2D eigenvalue weighted by Gasteiger charge is 2.05. The molecule has 0 aliphatic rings. The van der Waals surface area contributed by atoms with Crippen LogP contribution in [0.2, 0.25) is 0 Å². The van der Waals surface area contributed by atoms with Crippen LogP contribution in [0.5, 0.6) is 0 Å². The van der Waals surface area contributed by atoms with Crippen LogP contribution in [-0.4, -0.2) is 18.0 Å². The Kier molecular flexibility index (Phi) is 5.57. The number of alkyl halides is 1. The molecule has 0 aliphatic carbocycles. The van der Waals surface area contributed by atoms with Gasteiger partial charge in [-0.2, -0.15) is 0 Å². The first-order valence-electron chi connectivity index (χ1n) is 3.90. The molecule has 0 fully saturated rings. The Labute approximate surface area is 78.2 Å². The second-order valence-corrected chi connectivity index (χ2v) is 3.11. The van der Waals surface area contributed by atoms with Crippen molar-refractivity contribution in [3.63, 3.8) is 0 Å². The number of esters is 1. The van der Waals surface area contributed by atoms with Crippen molar-refractivity contribution in [1.29, 1.82) is 0 Å². The molecular formula is C9H13ClO2. The first kappa shape index (κ1) is 11.3. The molecule has 0 spiro atoms. The van der Waals surface area contributed by atoms with E-state index in [4.69, 9.17) is 11.6 Å². The van der Waals surface area contributed by atoms with Gasteiger partial charge in [0.1, 0.15) is 0 Å². The van der Waals surface area contributed by atoms with Gasteiger partial charge in [0.25, 0.3) is 0 Å². The van der Waals surface area contributed by atoms with Gasteiger partial charge in [-0.1, -0.05) is 19.8 Å². The molecule has 12 heavy (non-hydrogen) atoms. The van der Waals surface area contributed by atoms with E-state index in [2.05, 4.69) is 16.6 Å². The lowest BCUT2D eigenvalue weighted by Gasteiger charge is -2.03. The minimum Gasteiger partial charge on any atom is -0.456 e. The average molecular weight is 189 g/mol. The second-order valence-electron chi connectivity index (χ2n) is 2.64. The Hall–Kier alpha value is -0.680. The molecular weight excluding hydrogens is 176 g/mol. The summed E-state index contributed by atoms with van der Waals surface area (Å²) in [4.78, 5) is 10.7. The van der Waals surface area contributed by atoms with E-state index in [0.717, 1.165) is 0 Å². The fourth-order valence-electron chi connectivity index (χ4n) is 0.462. The third-order valence-electron chi connectivity index (χ3n) is 1.17. The van der Waals surface area contributed by atoms with Crippen LogP contribution in [0.1, 0.15) is 20.8 Å². The number of rotatable bonds is 2. The monoisotopic (exact) mass is 188 g/mol. The zero-order chi connectivity index (χ0) is 9.56. The maximum atomic E-state index is 10.7. The van der Waals surface area contributed by atoms with E-state index in [9.17, 15) is 4.79 Å². The summed E-state index contributed by atoms with van der Waals surface area (Å²) >= 11 is 5.78. The Morgan fingerprint density at radius 1 is 1.58 bits per heavy atom. The van der Waals surface area contributed by atoms with Crippen molar-refractivity contribution in [1.82, 2.24) is 0 Å². The molecule has 0 aromatic heterocycles. The Balaban J connectivity index is 3.93. The Bertz CT molecular complexity index is 200. The lowest BCUT2D eigenvalue weighted by Crippen LogP contribution is -2.06. The summed E-state index contributed by atoms with van der Waals surface area (Å²) in [6, 6.07) is 0. The first-order chi connectivity index (χ1) is 5.57. The fourth-order valence-corrected chi connectivity index (χ4v) is 0.516. The number of halogens is 1. The van der Waals surface area contributed by atoms with Crippen molar-refractivity contribution in [2.45, 2.75) is 26.1 Å². The average Bonchev–Trinajstić information content (AvgIpc) is 2.00. The highest BCUT2D eigenvalue weighted by atomic mass is 35.5. The Morgan fingerprint density at radius 2 is 2.17 bits per heavy atom. The fraction of sp³-hybridized carbons (Fsp3) is 0.667. The number of carbonyl (C=O) groups excluding carboxylic acids is 1. The van der Waals surface area contributed by atoms with Gasteiger partial charge >= 0.3 is 5.97 Å². The molecule has 0 rings (SSSR count). The van der Waals surface area contributed by atoms with Gasteiger partial charge in [-0.25, -0.2) is 4.79 Å². The lowest BCUT2D eigenvalue weighted by molar-refractivity contribution is -0.136. The quantitative estimate of drug-likeness (QED) is 0.286. The summed E-state index contributed by atoms with van der Waals surface area (Å²) in [6.45, 7) is 5.97. The summed E-state index contributed by atoms with van der Waals surface area (Å²) in [6.07, 6.45) is 0. The van der Waals surface area contributed by atoms with Crippen molar-refractivity contribution in [3.05, 3.63) is 0 Å². The van der Waals surface area contributed by atoms with Gasteiger partial charge in [-0.3, -0.25) is 0 Å². The highest BCUT2D eigenvalue weighted by molar-refractivity contribution is 6.22. The predicted octanol–water partition coefficient (Wildman–Crippen LogP) is 1.82. The highest BCUT2D eigenvalue weighted by Crippen LogP contribution is 2.06. The molecule has 0 saturated heterocycles. The van der Waals surface area contributed by atoms with Gasteiger partial charge in [0.15, 0.2) is 0 Å². The molecule has 0 heterocycles. The molecule has 0 aromatic carbocycles. The molecule has 0 aromatic rings. The third kappa shape index (κ3) is 5.03. The van der Waals surface area contributed by atoms with Gasteiger partial charge in [-0.15, -0.1) is 11.6 Å². The number of hydrogen-bond donors (Lipinski definition) is 0. The van der Waals surface area contributed by atoms with E-state index in [-0.39, 0.29) is 11.3 Å². The maximum absolute atomic E-state index is 10.7. The number of ether oxygens (including phenoxy) is 1. The number of hydrogen-bond acceptors (Lipinski definition) is 2. The van der Waals surface area contributed by atoms with Crippen molar-refractivity contribution >= 4 is 17.6 Å². The van der Waals surface area contributed by atoms with Crippen LogP contribution in [0.15, 0.2) is 0 Å². The number of carbonyl (C=O) groups is 1. The lowest BCUT2D eigenvalue weighted by atomic mass is 10.1. The van der Waals surface area contributed by atoms with Crippen molar-refractivity contribution in [2.75, 3.05) is 6.61 Å². The van der Waals surface area contributed by atoms with Gasteiger partial charge in [0, 0.05) is 5.92 Å². The summed E-state index contributed by atoms with van der Waals surface area (Å²) in [5.74, 6) is 4.66. The zero-order valence-electron chi connectivity index (χ0n) is 7.56. The summed E-state index contributed by atoms with van der Waals surface area (Å²) in [5.41, 5.74) is 0. The minimum absolute atomic E-state index is 0.244. The van der Waals surface area contributed by atoms with E-state index >= 15 is 0 Å². The molecule has 0 radical (unpaired) electrons. The van der Waals surface area contributed by atoms with Crippen LogP contribution < -0.4 is 0 Å². The standard InChI is InChI=1S/C9H13ClO2/c1-4-12-9(11)6-5-8(10)7(2)3/h7-8H,4H2,1-3H3/t8-/m1/s1. The van der Waals surface area contributed by atoms with Gasteiger partial charge in [0.2, 0.25) is 0 Å². The zero-order valence-corrected chi connectivity index (χ0v) is 8.31. The van der Waals surface area contributed by atoms with E-state index < -0.39 is 5.97 Å². The van der Waals surface area contributed by atoms with Crippen molar-refractivity contribution < 1.29 is 9.53 Å². The molecule has 0 bridgehead atoms. The molecule has 68 valence electrons. The smallest absolute Gasteiger partial charge is 0.384 e. The van der Waals surface area contributed by atoms with Crippen molar-refractivity contribution in [3.8, 4) is 11.8 Å². The minimum atomic E-state index is -0.510. The van der Waals surface area contributed by atoms with Crippen LogP contribution in [0, 0.1) is 17.8 Å². The summed E-state index contributed by atoms with van der Waals surface area (Å²) in [5, 5.41) is -0.283. The summed E-state index contributed by atoms with van der Waals surface area (Å²) in [7, 11) is 0. The van der Waals surface area contributed by atoms with E-state index in [1.54, 1.807) is 6.92 Å². The van der Waals surface area contributed by atoms with E-state index in [1.807, 2.05) is 13.8 Å². The van der Waals surface area contributed by atoms with Crippen LogP contribution in [0.4, 0.5) is 0 Å². The van der Waals surface area contributed by atoms with Gasteiger partial charge in [0.05, 0.1) is 12.0 Å². The molecule has 0 aliphatic heterocycles. The molecule has 0 N–H and O–H groups in total. The molecule has 0 saturated carbocycles. The second kappa shape index (κ2) is 5.91.